The van der Waals surface area contributed by atoms with Crippen LogP contribution in [0.1, 0.15) is 39.8 Å². The van der Waals surface area contributed by atoms with Crippen LogP contribution in [0.4, 0.5) is 0 Å². The van der Waals surface area contributed by atoms with E-state index in [0.29, 0.717) is 13.0 Å². The molecule has 0 N–H and O–H groups in total. The lowest BCUT2D eigenvalue weighted by Gasteiger charge is -2.32. The number of hydrogen-bond acceptors (Lipinski definition) is 5. The quantitative estimate of drug-likeness (QED) is 0.624. The second-order valence-corrected chi connectivity index (χ2v) is 7.49. The number of halogens is 1. The highest BCUT2D eigenvalue weighted by molar-refractivity contribution is 6.62. The summed E-state index contributed by atoms with van der Waals surface area (Å²) in [4.78, 5) is 4.46. The van der Waals surface area contributed by atoms with Crippen LogP contribution in [0, 0.1) is 0 Å². The van der Waals surface area contributed by atoms with Gasteiger partial charge in [0.25, 0.3) is 0 Å². The van der Waals surface area contributed by atoms with Crippen LogP contribution in [-0.2, 0) is 24.4 Å². The number of ether oxygens (including phenoxy) is 2. The van der Waals surface area contributed by atoms with Gasteiger partial charge in [0.15, 0.2) is 11.2 Å². The normalized spacial score (nSPS) is 32.4. The molecule has 23 heavy (non-hydrogen) atoms. The summed E-state index contributed by atoms with van der Waals surface area (Å²) in [6.45, 7) is 8.68. The lowest BCUT2D eigenvalue weighted by Crippen LogP contribution is -2.41. The number of alkyl halides is 1. The summed E-state index contributed by atoms with van der Waals surface area (Å²) in [5.41, 5.74) is -0.419. The van der Waals surface area contributed by atoms with Gasteiger partial charge in [-0.15, -0.1) is 0 Å². The van der Waals surface area contributed by atoms with Gasteiger partial charge in [0, 0.05) is 19.7 Å². The minimum atomic E-state index is -0.735. The van der Waals surface area contributed by atoms with E-state index in [-0.39, 0.29) is 11.2 Å². The largest absolute Gasteiger partial charge is 0.494 e. The summed E-state index contributed by atoms with van der Waals surface area (Å²) >= 11 is 6.32. The molecule has 0 amide bonds. The standard InChI is InChI=1S/C16H23BClNO4/c1-14(2)15(3,4)23-17(22-14)11-6-8-19-12(10-11)16(20-5)7-9-21-13(16)18/h6,8,10,13H,7,9H2,1-5H3. The van der Waals surface area contributed by atoms with Crippen molar-refractivity contribution in [2.45, 2.75) is 56.5 Å². The first-order chi connectivity index (χ1) is 10.7. The first-order valence-electron chi connectivity index (χ1n) is 7.85. The molecule has 3 rings (SSSR count). The van der Waals surface area contributed by atoms with Crippen molar-refractivity contribution < 1.29 is 18.8 Å². The molecule has 126 valence electrons. The van der Waals surface area contributed by atoms with Crippen molar-refractivity contribution in [3.63, 3.8) is 0 Å². The molecule has 5 nitrogen and oxygen atoms in total. The molecule has 3 heterocycles. The number of pyridine rings is 1. The van der Waals surface area contributed by atoms with Gasteiger partial charge in [0.2, 0.25) is 0 Å². The Morgan fingerprint density at radius 3 is 2.43 bits per heavy atom. The Kier molecular flexibility index (Phi) is 4.26. The molecule has 2 fully saturated rings. The van der Waals surface area contributed by atoms with Crippen molar-refractivity contribution in [3.05, 3.63) is 24.0 Å². The van der Waals surface area contributed by atoms with Crippen LogP contribution in [0.2, 0.25) is 0 Å². The number of hydrogen-bond donors (Lipinski definition) is 0. The maximum absolute atomic E-state index is 6.32. The zero-order valence-corrected chi connectivity index (χ0v) is 15.0. The van der Waals surface area contributed by atoms with E-state index in [2.05, 4.69) is 4.98 Å². The topological polar surface area (TPSA) is 49.8 Å². The maximum atomic E-state index is 6.32. The highest BCUT2D eigenvalue weighted by Gasteiger charge is 2.52. The summed E-state index contributed by atoms with van der Waals surface area (Å²) < 4.78 is 23.4. The molecule has 0 saturated carbocycles. The van der Waals surface area contributed by atoms with Crippen LogP contribution < -0.4 is 5.46 Å². The number of methoxy groups -OCH3 is 1. The van der Waals surface area contributed by atoms with Gasteiger partial charge in [-0.05, 0) is 45.3 Å². The van der Waals surface area contributed by atoms with E-state index in [9.17, 15) is 0 Å². The van der Waals surface area contributed by atoms with Gasteiger partial charge in [-0.2, -0.15) is 0 Å². The van der Waals surface area contributed by atoms with Crippen molar-refractivity contribution in [2.75, 3.05) is 13.7 Å². The highest BCUT2D eigenvalue weighted by Crippen LogP contribution is 2.40. The maximum Gasteiger partial charge on any atom is 0.494 e. The van der Waals surface area contributed by atoms with Crippen molar-refractivity contribution in [2.24, 2.45) is 0 Å². The van der Waals surface area contributed by atoms with Crippen LogP contribution in [0.25, 0.3) is 0 Å². The zero-order chi connectivity index (χ0) is 16.9. The Morgan fingerprint density at radius 1 is 1.26 bits per heavy atom. The number of aromatic nitrogens is 1. The van der Waals surface area contributed by atoms with Crippen LogP contribution >= 0.6 is 11.6 Å². The van der Waals surface area contributed by atoms with E-state index < -0.39 is 18.3 Å². The molecule has 0 radical (unpaired) electrons. The summed E-state index contributed by atoms with van der Waals surface area (Å²) in [6.07, 6.45) is 2.40. The minimum Gasteiger partial charge on any atom is -0.399 e. The van der Waals surface area contributed by atoms with Crippen molar-refractivity contribution in [3.8, 4) is 0 Å². The van der Waals surface area contributed by atoms with Crippen LogP contribution in [-0.4, -0.2) is 42.6 Å². The minimum absolute atomic E-state index is 0.383. The molecular formula is C16H23BClNO4. The lowest BCUT2D eigenvalue weighted by atomic mass is 9.78. The summed E-state index contributed by atoms with van der Waals surface area (Å²) in [5.74, 6) is 0. The summed E-state index contributed by atoms with van der Waals surface area (Å²) in [5, 5.41) is 0. The van der Waals surface area contributed by atoms with Gasteiger partial charge in [-0.1, -0.05) is 11.6 Å². The Bertz CT molecular complexity index is 581. The molecule has 2 atom stereocenters. The second-order valence-electron chi connectivity index (χ2n) is 7.09. The van der Waals surface area contributed by atoms with Crippen LogP contribution in [0.3, 0.4) is 0 Å². The Hall–Kier alpha value is -0.655. The molecule has 0 aliphatic carbocycles. The van der Waals surface area contributed by atoms with Crippen LogP contribution in [0.5, 0.6) is 0 Å². The first kappa shape index (κ1) is 17.2. The third kappa shape index (κ3) is 2.70. The van der Waals surface area contributed by atoms with E-state index in [4.69, 9.17) is 30.4 Å². The van der Waals surface area contributed by atoms with Crippen molar-refractivity contribution in [1.82, 2.24) is 4.98 Å². The SMILES string of the molecule is COC1(c2cc(B3OC(C)(C)C(C)(C)O3)ccn2)CCOC1Cl. The average molecular weight is 340 g/mol. The third-order valence-corrected chi connectivity index (χ3v) is 5.69. The summed E-state index contributed by atoms with van der Waals surface area (Å²) in [7, 11) is 1.19. The molecule has 0 bridgehead atoms. The molecule has 2 saturated heterocycles. The lowest BCUT2D eigenvalue weighted by molar-refractivity contribution is -0.0421. The molecule has 0 aromatic carbocycles. The number of rotatable bonds is 3. The highest BCUT2D eigenvalue weighted by atomic mass is 35.5. The molecule has 2 unspecified atom stereocenters. The molecule has 1 aromatic rings. The smallest absolute Gasteiger partial charge is 0.399 e. The molecule has 2 aliphatic heterocycles. The predicted molar refractivity (Wildman–Crippen MR) is 88.9 cm³/mol. The third-order valence-electron chi connectivity index (χ3n) is 5.21. The van der Waals surface area contributed by atoms with E-state index in [1.165, 1.54) is 0 Å². The molecule has 1 aromatic heterocycles. The van der Waals surface area contributed by atoms with Gasteiger partial charge < -0.3 is 18.8 Å². The predicted octanol–water partition coefficient (Wildman–Crippen LogP) is 2.21. The number of nitrogens with zero attached hydrogens (tertiary/aromatic N) is 1. The van der Waals surface area contributed by atoms with E-state index in [0.717, 1.165) is 11.2 Å². The fraction of sp³-hybridized carbons (Fsp3) is 0.688. The van der Waals surface area contributed by atoms with Gasteiger partial charge in [0.05, 0.1) is 23.5 Å². The Balaban J connectivity index is 1.93. The first-order valence-corrected chi connectivity index (χ1v) is 8.28. The Morgan fingerprint density at radius 2 is 1.91 bits per heavy atom. The van der Waals surface area contributed by atoms with Gasteiger partial charge >= 0.3 is 7.12 Å². The monoisotopic (exact) mass is 339 g/mol. The van der Waals surface area contributed by atoms with Gasteiger partial charge in [0.1, 0.15) is 0 Å². The van der Waals surface area contributed by atoms with E-state index >= 15 is 0 Å². The fourth-order valence-electron chi connectivity index (χ4n) is 2.91. The fourth-order valence-corrected chi connectivity index (χ4v) is 3.31. The zero-order valence-electron chi connectivity index (χ0n) is 14.3. The van der Waals surface area contributed by atoms with Crippen LogP contribution in [0.15, 0.2) is 18.3 Å². The van der Waals surface area contributed by atoms with Gasteiger partial charge in [-0.25, -0.2) is 0 Å². The summed E-state index contributed by atoms with van der Waals surface area (Å²) in [6, 6.07) is 3.84. The second kappa shape index (κ2) is 5.71. The van der Waals surface area contributed by atoms with E-state index in [1.54, 1.807) is 13.3 Å². The molecule has 0 spiro atoms. The van der Waals surface area contributed by atoms with Crippen molar-refractivity contribution >= 4 is 24.2 Å². The Labute approximate surface area is 142 Å². The average Bonchev–Trinajstić information content (AvgIpc) is 2.97. The molecule has 7 heteroatoms. The van der Waals surface area contributed by atoms with Gasteiger partial charge in [-0.3, -0.25) is 4.98 Å². The molecule has 2 aliphatic rings. The van der Waals surface area contributed by atoms with E-state index in [1.807, 2.05) is 39.8 Å². The van der Waals surface area contributed by atoms with Crippen molar-refractivity contribution in [1.29, 1.82) is 0 Å². The molecular weight excluding hydrogens is 316 g/mol.